The number of aromatic nitrogens is 3. The fourth-order valence-corrected chi connectivity index (χ4v) is 5.31. The summed E-state index contributed by atoms with van der Waals surface area (Å²) in [6, 6.07) is 24.5. The number of aryl methyl sites for hydroxylation is 1. The largest absolute Gasteiger partial charge is 0.505 e. The molecular formula is C33H31N3O2. The topological polar surface area (TPSA) is 60.2 Å². The molecule has 0 amide bonds. The number of hydrogen-bond acceptors (Lipinski definition) is 4. The number of rotatable bonds is 5. The smallest absolute Gasteiger partial charge is 0.219 e. The minimum absolute atomic E-state index is 0.183. The highest BCUT2D eigenvalue weighted by atomic mass is 16.5. The Morgan fingerprint density at radius 2 is 1.47 bits per heavy atom. The van der Waals surface area contributed by atoms with Crippen LogP contribution in [0.3, 0.4) is 0 Å². The van der Waals surface area contributed by atoms with Gasteiger partial charge in [-0.1, -0.05) is 52.0 Å². The molecule has 5 heteroatoms. The number of phenols is 1. The number of benzene rings is 3. The first-order chi connectivity index (χ1) is 18.3. The Bertz CT molecular complexity index is 1820. The Hall–Kier alpha value is -4.38. The standard InChI is InChI=1S/C33H31N3O2/c1-19(2)26-18-27(20(3)4)33(37)32-25(26)13-14-31(35-32)38-22-10-12-24-23-11-9-21(5)16-28(23)36(29(24)17-22)30-8-6-7-15-34-30/h6-20,37H,1-5H3. The molecule has 6 aromatic rings. The zero-order chi connectivity index (χ0) is 26.6. The molecule has 0 spiro atoms. The average molecular weight is 502 g/mol. The quantitative estimate of drug-likeness (QED) is 0.256. The maximum atomic E-state index is 11.1. The highest BCUT2D eigenvalue weighted by Crippen LogP contribution is 2.39. The van der Waals surface area contributed by atoms with E-state index in [1.54, 1.807) is 0 Å². The second-order valence-corrected chi connectivity index (χ2v) is 10.6. The van der Waals surface area contributed by atoms with Gasteiger partial charge in [0, 0.05) is 34.5 Å². The van der Waals surface area contributed by atoms with Crippen LogP contribution in [0, 0.1) is 6.92 Å². The van der Waals surface area contributed by atoms with Gasteiger partial charge < -0.3 is 9.84 Å². The first kappa shape index (κ1) is 24.0. The fourth-order valence-electron chi connectivity index (χ4n) is 5.31. The van der Waals surface area contributed by atoms with Crippen molar-refractivity contribution in [3.8, 4) is 23.2 Å². The molecule has 0 aliphatic carbocycles. The van der Waals surface area contributed by atoms with Crippen LogP contribution in [0.1, 0.15) is 56.2 Å². The average Bonchev–Trinajstić information content (AvgIpc) is 3.21. The highest BCUT2D eigenvalue weighted by molar-refractivity contribution is 6.09. The zero-order valence-corrected chi connectivity index (χ0v) is 22.4. The lowest BCUT2D eigenvalue weighted by molar-refractivity contribution is 0.457. The van der Waals surface area contributed by atoms with Gasteiger partial charge in [-0.2, -0.15) is 0 Å². The second-order valence-electron chi connectivity index (χ2n) is 10.6. The molecular weight excluding hydrogens is 470 g/mol. The summed E-state index contributed by atoms with van der Waals surface area (Å²) in [5, 5.41) is 14.3. The molecule has 38 heavy (non-hydrogen) atoms. The van der Waals surface area contributed by atoms with E-state index >= 15 is 0 Å². The van der Waals surface area contributed by atoms with E-state index in [0.29, 0.717) is 23.1 Å². The minimum Gasteiger partial charge on any atom is -0.505 e. The molecule has 0 fully saturated rings. The van der Waals surface area contributed by atoms with Crippen molar-refractivity contribution in [2.24, 2.45) is 0 Å². The Kier molecular flexibility index (Phi) is 5.79. The van der Waals surface area contributed by atoms with Gasteiger partial charge in [0.25, 0.3) is 0 Å². The van der Waals surface area contributed by atoms with Crippen LogP contribution in [0.4, 0.5) is 0 Å². The summed E-state index contributed by atoms with van der Waals surface area (Å²) in [5.74, 6) is 2.69. The molecule has 3 aromatic carbocycles. The molecule has 0 aliphatic heterocycles. The van der Waals surface area contributed by atoms with Gasteiger partial charge in [0.1, 0.15) is 22.8 Å². The molecule has 1 N–H and O–H groups in total. The van der Waals surface area contributed by atoms with Crippen LogP contribution in [0.15, 0.2) is 79.0 Å². The van der Waals surface area contributed by atoms with Crippen LogP contribution in [-0.4, -0.2) is 19.6 Å². The van der Waals surface area contributed by atoms with Crippen LogP contribution in [0.5, 0.6) is 17.4 Å². The van der Waals surface area contributed by atoms with E-state index < -0.39 is 0 Å². The molecule has 0 aliphatic rings. The van der Waals surface area contributed by atoms with Crippen molar-refractivity contribution >= 4 is 32.7 Å². The molecule has 0 bridgehead atoms. The number of aromatic hydroxyl groups is 1. The molecule has 190 valence electrons. The molecule has 3 heterocycles. The van der Waals surface area contributed by atoms with E-state index in [-0.39, 0.29) is 11.7 Å². The first-order valence-corrected chi connectivity index (χ1v) is 13.1. The van der Waals surface area contributed by atoms with Crippen LogP contribution in [0.2, 0.25) is 0 Å². The van der Waals surface area contributed by atoms with Gasteiger partial charge in [0.2, 0.25) is 5.88 Å². The Morgan fingerprint density at radius 1 is 0.763 bits per heavy atom. The fraction of sp³-hybridized carbons (Fsp3) is 0.212. The second kappa shape index (κ2) is 9.18. The monoisotopic (exact) mass is 501 g/mol. The normalized spacial score (nSPS) is 11.9. The van der Waals surface area contributed by atoms with Gasteiger partial charge in [-0.25, -0.2) is 9.97 Å². The molecule has 0 saturated heterocycles. The van der Waals surface area contributed by atoms with Crippen molar-refractivity contribution in [3.05, 3.63) is 95.7 Å². The molecule has 6 rings (SSSR count). The zero-order valence-electron chi connectivity index (χ0n) is 22.4. The van der Waals surface area contributed by atoms with Crippen molar-refractivity contribution < 1.29 is 9.84 Å². The summed E-state index contributed by atoms with van der Waals surface area (Å²) in [4.78, 5) is 9.42. The van der Waals surface area contributed by atoms with Gasteiger partial charge in [0.15, 0.2) is 0 Å². The summed E-state index contributed by atoms with van der Waals surface area (Å²) in [6.07, 6.45) is 1.81. The maximum absolute atomic E-state index is 11.1. The van der Waals surface area contributed by atoms with Gasteiger partial charge in [-0.3, -0.25) is 4.57 Å². The molecule has 0 saturated carbocycles. The van der Waals surface area contributed by atoms with Gasteiger partial charge >= 0.3 is 0 Å². The predicted molar refractivity (Wildman–Crippen MR) is 155 cm³/mol. The third-order valence-electron chi connectivity index (χ3n) is 7.23. The number of ether oxygens (including phenoxy) is 1. The van der Waals surface area contributed by atoms with Crippen molar-refractivity contribution in [3.63, 3.8) is 0 Å². The molecule has 0 radical (unpaired) electrons. The number of nitrogens with zero attached hydrogens (tertiary/aromatic N) is 3. The van der Waals surface area contributed by atoms with Crippen LogP contribution in [0.25, 0.3) is 38.5 Å². The van der Waals surface area contributed by atoms with E-state index in [4.69, 9.17) is 9.72 Å². The lowest BCUT2D eigenvalue weighted by atomic mass is 9.91. The summed E-state index contributed by atoms with van der Waals surface area (Å²) >= 11 is 0. The highest BCUT2D eigenvalue weighted by Gasteiger charge is 2.18. The van der Waals surface area contributed by atoms with Crippen LogP contribution < -0.4 is 4.74 Å². The van der Waals surface area contributed by atoms with Crippen LogP contribution >= 0.6 is 0 Å². The van der Waals surface area contributed by atoms with Crippen molar-refractivity contribution in [2.45, 2.75) is 46.5 Å². The number of phenolic OH excluding ortho intramolecular Hbond substituents is 1. The van der Waals surface area contributed by atoms with E-state index in [2.05, 4.69) is 74.5 Å². The molecule has 3 aromatic heterocycles. The van der Waals surface area contributed by atoms with Gasteiger partial charge in [-0.15, -0.1) is 0 Å². The van der Waals surface area contributed by atoms with Gasteiger partial charge in [-0.05, 0) is 71.8 Å². The third-order valence-corrected chi connectivity index (χ3v) is 7.23. The molecule has 0 atom stereocenters. The lowest BCUT2D eigenvalue weighted by Gasteiger charge is -2.17. The van der Waals surface area contributed by atoms with Crippen LogP contribution in [-0.2, 0) is 0 Å². The minimum atomic E-state index is 0.183. The SMILES string of the molecule is Cc1ccc2c3ccc(Oc4ccc5c(C(C)C)cc(C(C)C)c(O)c5n4)cc3n(-c3ccccn3)c2c1. The van der Waals surface area contributed by atoms with E-state index in [0.717, 1.165) is 33.2 Å². The molecule has 0 unspecified atom stereocenters. The first-order valence-electron chi connectivity index (χ1n) is 13.1. The van der Waals surface area contributed by atoms with E-state index in [9.17, 15) is 5.11 Å². The number of pyridine rings is 2. The van der Waals surface area contributed by atoms with Crippen molar-refractivity contribution in [1.29, 1.82) is 0 Å². The summed E-state index contributed by atoms with van der Waals surface area (Å²) in [5.41, 5.74) is 5.97. The Balaban J connectivity index is 1.50. The lowest BCUT2D eigenvalue weighted by Crippen LogP contribution is -1.99. The Labute approximate surface area is 222 Å². The van der Waals surface area contributed by atoms with Crippen molar-refractivity contribution in [2.75, 3.05) is 0 Å². The molecule has 5 nitrogen and oxygen atoms in total. The summed E-state index contributed by atoms with van der Waals surface area (Å²) < 4.78 is 8.48. The number of hydrogen-bond donors (Lipinski definition) is 1. The summed E-state index contributed by atoms with van der Waals surface area (Å²) in [7, 11) is 0. The number of fused-ring (bicyclic) bond motifs is 4. The van der Waals surface area contributed by atoms with Crippen molar-refractivity contribution in [1.82, 2.24) is 14.5 Å². The van der Waals surface area contributed by atoms with E-state index in [1.165, 1.54) is 16.5 Å². The maximum Gasteiger partial charge on any atom is 0.219 e. The predicted octanol–water partition coefficient (Wildman–Crippen LogP) is 8.78. The Morgan fingerprint density at radius 3 is 2.18 bits per heavy atom. The van der Waals surface area contributed by atoms with Gasteiger partial charge in [0.05, 0.1) is 11.0 Å². The van der Waals surface area contributed by atoms with E-state index in [1.807, 2.05) is 48.7 Å². The summed E-state index contributed by atoms with van der Waals surface area (Å²) in [6.45, 7) is 10.6. The third kappa shape index (κ3) is 3.95.